The summed E-state index contributed by atoms with van der Waals surface area (Å²) in [6.45, 7) is 1.84. The quantitative estimate of drug-likeness (QED) is 0.811. The molecule has 0 saturated carbocycles. The average Bonchev–Trinajstić information content (AvgIpc) is 2.78. The summed E-state index contributed by atoms with van der Waals surface area (Å²) in [5.74, 6) is 0.741. The van der Waals surface area contributed by atoms with Gasteiger partial charge in [0.2, 0.25) is 0 Å². The Hall–Kier alpha value is -1.42. The zero-order valence-electron chi connectivity index (χ0n) is 10.5. The highest BCUT2D eigenvalue weighted by Gasteiger charge is 2.24. The third-order valence-electron chi connectivity index (χ3n) is 3.28. The summed E-state index contributed by atoms with van der Waals surface area (Å²) >= 11 is 0. The van der Waals surface area contributed by atoms with Gasteiger partial charge in [0.05, 0.1) is 25.4 Å². The monoisotopic (exact) mass is 236 g/mol. The van der Waals surface area contributed by atoms with Crippen LogP contribution in [0, 0.1) is 0 Å². The van der Waals surface area contributed by atoms with Gasteiger partial charge in [0.25, 0.3) is 0 Å². The van der Waals surface area contributed by atoms with Gasteiger partial charge in [-0.25, -0.2) is 0 Å². The van der Waals surface area contributed by atoms with E-state index in [9.17, 15) is 0 Å². The predicted molar refractivity (Wildman–Crippen MR) is 69.7 cm³/mol. The second-order valence-electron chi connectivity index (χ2n) is 4.37. The van der Waals surface area contributed by atoms with Gasteiger partial charge in [-0.05, 0) is 25.0 Å². The SMILES string of the molecule is COCC1CCCN1c1ccc(N)c(OC)c1. The molecular formula is C13H20N2O2. The van der Waals surface area contributed by atoms with Crippen LogP contribution < -0.4 is 15.4 Å². The van der Waals surface area contributed by atoms with E-state index in [0.29, 0.717) is 11.7 Å². The van der Waals surface area contributed by atoms with Crippen LogP contribution in [0.4, 0.5) is 11.4 Å². The van der Waals surface area contributed by atoms with Crippen molar-refractivity contribution in [3.63, 3.8) is 0 Å². The molecule has 0 aromatic heterocycles. The fourth-order valence-corrected chi connectivity index (χ4v) is 2.42. The molecule has 0 aliphatic carbocycles. The second kappa shape index (κ2) is 5.27. The van der Waals surface area contributed by atoms with Gasteiger partial charge in [-0.3, -0.25) is 0 Å². The van der Waals surface area contributed by atoms with Crippen molar-refractivity contribution in [1.29, 1.82) is 0 Å². The van der Waals surface area contributed by atoms with Crippen molar-refractivity contribution < 1.29 is 9.47 Å². The molecule has 4 heteroatoms. The summed E-state index contributed by atoms with van der Waals surface area (Å²) in [5, 5.41) is 0. The van der Waals surface area contributed by atoms with Crippen LogP contribution in [-0.2, 0) is 4.74 Å². The van der Waals surface area contributed by atoms with Crippen LogP contribution in [0.15, 0.2) is 18.2 Å². The number of hydrogen-bond donors (Lipinski definition) is 1. The van der Waals surface area contributed by atoms with Crippen molar-refractivity contribution in [1.82, 2.24) is 0 Å². The van der Waals surface area contributed by atoms with Crippen molar-refractivity contribution >= 4 is 11.4 Å². The molecule has 0 radical (unpaired) electrons. The normalized spacial score (nSPS) is 19.6. The molecule has 1 aromatic carbocycles. The number of rotatable bonds is 4. The maximum atomic E-state index is 5.82. The lowest BCUT2D eigenvalue weighted by molar-refractivity contribution is 0.181. The first-order valence-electron chi connectivity index (χ1n) is 5.95. The maximum absolute atomic E-state index is 5.82. The smallest absolute Gasteiger partial charge is 0.143 e. The van der Waals surface area contributed by atoms with Gasteiger partial charge in [-0.2, -0.15) is 0 Å². The number of nitrogen functional groups attached to an aromatic ring is 1. The summed E-state index contributed by atoms with van der Waals surface area (Å²) in [6, 6.07) is 6.42. The first-order valence-corrected chi connectivity index (χ1v) is 5.95. The molecule has 1 aliphatic heterocycles. The van der Waals surface area contributed by atoms with Crippen molar-refractivity contribution in [3.8, 4) is 5.75 Å². The van der Waals surface area contributed by atoms with Crippen molar-refractivity contribution in [2.75, 3.05) is 38.0 Å². The van der Waals surface area contributed by atoms with Gasteiger partial charge in [-0.15, -0.1) is 0 Å². The van der Waals surface area contributed by atoms with Gasteiger partial charge in [0.15, 0.2) is 0 Å². The van der Waals surface area contributed by atoms with Gasteiger partial charge >= 0.3 is 0 Å². The molecular weight excluding hydrogens is 216 g/mol. The molecule has 4 nitrogen and oxygen atoms in total. The summed E-state index contributed by atoms with van der Waals surface area (Å²) in [6.07, 6.45) is 2.39. The number of ether oxygens (including phenoxy) is 2. The molecule has 1 heterocycles. The molecule has 1 aliphatic rings. The predicted octanol–water partition coefficient (Wildman–Crippen LogP) is 1.89. The van der Waals surface area contributed by atoms with Crippen LogP contribution in [0.25, 0.3) is 0 Å². The van der Waals surface area contributed by atoms with Crippen molar-refractivity contribution in [2.24, 2.45) is 0 Å². The van der Waals surface area contributed by atoms with Gasteiger partial charge in [0.1, 0.15) is 5.75 Å². The second-order valence-corrected chi connectivity index (χ2v) is 4.37. The minimum atomic E-state index is 0.466. The van der Waals surface area contributed by atoms with E-state index in [4.69, 9.17) is 15.2 Å². The molecule has 1 unspecified atom stereocenters. The Labute approximate surface area is 102 Å². The van der Waals surface area contributed by atoms with E-state index in [0.717, 1.165) is 24.6 Å². The van der Waals surface area contributed by atoms with Crippen molar-refractivity contribution in [2.45, 2.75) is 18.9 Å². The number of nitrogens with zero attached hydrogens (tertiary/aromatic N) is 1. The Morgan fingerprint density at radius 1 is 1.41 bits per heavy atom. The zero-order valence-corrected chi connectivity index (χ0v) is 10.5. The molecule has 2 N–H and O–H groups in total. The van der Waals surface area contributed by atoms with Crippen molar-refractivity contribution in [3.05, 3.63) is 18.2 Å². The largest absolute Gasteiger partial charge is 0.495 e. The third kappa shape index (κ3) is 2.47. The summed E-state index contributed by atoms with van der Waals surface area (Å²) in [5.41, 5.74) is 7.67. The molecule has 1 fully saturated rings. The van der Waals surface area contributed by atoms with E-state index in [2.05, 4.69) is 4.90 Å². The maximum Gasteiger partial charge on any atom is 0.143 e. The van der Waals surface area contributed by atoms with Crippen LogP contribution in [-0.4, -0.2) is 33.4 Å². The van der Waals surface area contributed by atoms with Gasteiger partial charge in [0, 0.05) is 25.4 Å². The summed E-state index contributed by atoms with van der Waals surface area (Å²) < 4.78 is 10.5. The first kappa shape index (κ1) is 12.0. The Kier molecular flexibility index (Phi) is 3.74. The topological polar surface area (TPSA) is 47.7 Å². The van der Waals surface area contributed by atoms with E-state index in [1.807, 2.05) is 18.2 Å². The minimum Gasteiger partial charge on any atom is -0.495 e. The van der Waals surface area contributed by atoms with Gasteiger partial charge < -0.3 is 20.1 Å². The Morgan fingerprint density at radius 3 is 2.94 bits per heavy atom. The molecule has 0 bridgehead atoms. The number of benzene rings is 1. The minimum absolute atomic E-state index is 0.466. The number of hydrogen-bond acceptors (Lipinski definition) is 4. The Balaban J connectivity index is 2.21. The lowest BCUT2D eigenvalue weighted by Crippen LogP contribution is -2.32. The van der Waals surface area contributed by atoms with E-state index in [1.165, 1.54) is 12.8 Å². The molecule has 1 aromatic rings. The molecule has 0 spiro atoms. The molecule has 2 rings (SSSR count). The first-order chi connectivity index (χ1) is 8.26. The van der Waals surface area contributed by atoms with E-state index in [1.54, 1.807) is 14.2 Å². The van der Waals surface area contributed by atoms with E-state index >= 15 is 0 Å². The van der Waals surface area contributed by atoms with E-state index in [-0.39, 0.29) is 0 Å². The van der Waals surface area contributed by atoms with Crippen LogP contribution in [0.3, 0.4) is 0 Å². The number of nitrogens with two attached hydrogens (primary N) is 1. The fourth-order valence-electron chi connectivity index (χ4n) is 2.42. The third-order valence-corrected chi connectivity index (χ3v) is 3.28. The lowest BCUT2D eigenvalue weighted by atomic mass is 10.2. The highest BCUT2D eigenvalue weighted by molar-refractivity contribution is 5.63. The van der Waals surface area contributed by atoms with Gasteiger partial charge in [-0.1, -0.05) is 0 Å². The molecule has 0 amide bonds. The Morgan fingerprint density at radius 2 is 2.24 bits per heavy atom. The highest BCUT2D eigenvalue weighted by Crippen LogP contribution is 2.31. The van der Waals surface area contributed by atoms with Crippen LogP contribution >= 0.6 is 0 Å². The highest BCUT2D eigenvalue weighted by atomic mass is 16.5. The van der Waals surface area contributed by atoms with Crippen LogP contribution in [0.5, 0.6) is 5.75 Å². The van der Waals surface area contributed by atoms with Crippen LogP contribution in [0.1, 0.15) is 12.8 Å². The molecule has 1 atom stereocenters. The van der Waals surface area contributed by atoms with Crippen LogP contribution in [0.2, 0.25) is 0 Å². The van der Waals surface area contributed by atoms with E-state index < -0.39 is 0 Å². The number of methoxy groups -OCH3 is 2. The Bertz CT molecular complexity index is 382. The standard InChI is InChI=1S/C13H20N2O2/c1-16-9-11-4-3-7-15(11)10-5-6-12(14)13(8-10)17-2/h5-6,8,11H,3-4,7,9,14H2,1-2H3. The lowest BCUT2D eigenvalue weighted by Gasteiger charge is -2.26. The zero-order chi connectivity index (χ0) is 12.3. The summed E-state index contributed by atoms with van der Waals surface area (Å²) in [4.78, 5) is 2.37. The average molecular weight is 236 g/mol. The molecule has 94 valence electrons. The number of anilines is 2. The molecule has 1 saturated heterocycles. The summed E-state index contributed by atoms with van der Waals surface area (Å²) in [7, 11) is 3.39. The fraction of sp³-hybridized carbons (Fsp3) is 0.538. The molecule has 17 heavy (non-hydrogen) atoms.